The maximum absolute atomic E-state index is 12.3. The SMILES string of the molecule is BC1CCc2cc3c(cc2C1=O)COc1cc(Cl)ccc1-3. The average Bonchev–Trinajstić information content (AvgIpc) is 2.49. The maximum Gasteiger partial charge on any atom is 0.158 e. The van der Waals surface area contributed by atoms with Gasteiger partial charge in [-0.15, -0.1) is 0 Å². The van der Waals surface area contributed by atoms with Crippen molar-refractivity contribution in [1.29, 1.82) is 0 Å². The van der Waals surface area contributed by atoms with Crippen molar-refractivity contribution in [3.63, 3.8) is 0 Å². The van der Waals surface area contributed by atoms with Crippen LogP contribution in [-0.4, -0.2) is 13.6 Å². The van der Waals surface area contributed by atoms with Gasteiger partial charge in [-0.1, -0.05) is 11.6 Å². The molecule has 21 heavy (non-hydrogen) atoms. The molecule has 0 bridgehead atoms. The van der Waals surface area contributed by atoms with E-state index in [1.54, 1.807) is 0 Å². The number of ketones is 1. The highest BCUT2D eigenvalue weighted by molar-refractivity contribution is 6.31. The number of carbonyl (C=O) groups excluding carboxylic acids is 1. The molecular weight excluding hydrogens is 282 g/mol. The predicted molar refractivity (Wildman–Crippen MR) is 86.2 cm³/mol. The van der Waals surface area contributed by atoms with Crippen LogP contribution in [0.15, 0.2) is 30.3 Å². The van der Waals surface area contributed by atoms with Crippen molar-refractivity contribution in [1.82, 2.24) is 0 Å². The van der Waals surface area contributed by atoms with Gasteiger partial charge in [0.2, 0.25) is 0 Å². The minimum Gasteiger partial charge on any atom is -0.488 e. The van der Waals surface area contributed by atoms with E-state index in [0.29, 0.717) is 11.6 Å². The van der Waals surface area contributed by atoms with E-state index in [1.807, 2.05) is 32.1 Å². The van der Waals surface area contributed by atoms with Crippen molar-refractivity contribution in [3.8, 4) is 16.9 Å². The predicted octanol–water partition coefficient (Wildman–Crippen LogP) is 3.45. The number of hydrogen-bond donors (Lipinski definition) is 0. The van der Waals surface area contributed by atoms with E-state index in [4.69, 9.17) is 16.3 Å². The summed E-state index contributed by atoms with van der Waals surface area (Å²) >= 11 is 6.03. The van der Waals surface area contributed by atoms with Crippen molar-refractivity contribution in [2.75, 3.05) is 0 Å². The van der Waals surface area contributed by atoms with E-state index in [9.17, 15) is 4.79 Å². The van der Waals surface area contributed by atoms with Crippen LogP contribution >= 0.6 is 11.6 Å². The topological polar surface area (TPSA) is 26.3 Å². The second-order valence-electron chi connectivity index (χ2n) is 5.90. The molecule has 0 saturated heterocycles. The molecule has 0 N–H and O–H groups in total. The highest BCUT2D eigenvalue weighted by Gasteiger charge is 2.27. The van der Waals surface area contributed by atoms with Crippen LogP contribution in [0.5, 0.6) is 5.75 Å². The first-order chi connectivity index (χ1) is 10.1. The van der Waals surface area contributed by atoms with Crippen molar-refractivity contribution in [2.45, 2.75) is 25.3 Å². The molecule has 0 aromatic heterocycles. The van der Waals surface area contributed by atoms with Crippen LogP contribution in [0.25, 0.3) is 11.1 Å². The Morgan fingerprint density at radius 3 is 2.76 bits per heavy atom. The van der Waals surface area contributed by atoms with E-state index < -0.39 is 0 Å². The van der Waals surface area contributed by atoms with E-state index in [2.05, 4.69) is 6.07 Å². The summed E-state index contributed by atoms with van der Waals surface area (Å²) in [5, 5.41) is 0.680. The summed E-state index contributed by atoms with van der Waals surface area (Å²) in [7, 11) is 2.01. The number of benzene rings is 2. The zero-order valence-electron chi connectivity index (χ0n) is 11.8. The summed E-state index contributed by atoms with van der Waals surface area (Å²) < 4.78 is 5.79. The third kappa shape index (κ3) is 1.99. The summed E-state index contributed by atoms with van der Waals surface area (Å²) in [5.41, 5.74) is 5.38. The molecular formula is C17H14BClO2. The molecule has 1 aliphatic carbocycles. The lowest BCUT2D eigenvalue weighted by molar-refractivity contribution is 0.0973. The van der Waals surface area contributed by atoms with E-state index in [1.165, 1.54) is 11.1 Å². The summed E-state index contributed by atoms with van der Waals surface area (Å²) in [6, 6.07) is 9.93. The minimum absolute atomic E-state index is 0.131. The summed E-state index contributed by atoms with van der Waals surface area (Å²) in [4.78, 5) is 12.3. The van der Waals surface area contributed by atoms with E-state index in [-0.39, 0.29) is 11.6 Å². The van der Waals surface area contributed by atoms with Crippen molar-refractivity contribution < 1.29 is 9.53 Å². The molecule has 104 valence electrons. The summed E-state index contributed by atoms with van der Waals surface area (Å²) in [6.07, 6.45) is 1.91. The molecule has 2 aromatic rings. The molecule has 0 amide bonds. The van der Waals surface area contributed by atoms with Gasteiger partial charge in [0.1, 0.15) is 20.2 Å². The highest BCUT2D eigenvalue weighted by Crippen LogP contribution is 2.41. The quantitative estimate of drug-likeness (QED) is 0.696. The normalized spacial score (nSPS) is 19.3. The molecule has 0 fully saturated rings. The Bertz CT molecular complexity index is 770. The first-order valence-corrected chi connectivity index (χ1v) is 7.64. The lowest BCUT2D eigenvalue weighted by Crippen LogP contribution is -2.19. The minimum atomic E-state index is 0.131. The molecule has 2 aromatic carbocycles. The summed E-state index contributed by atoms with van der Waals surface area (Å²) in [6.45, 7) is 0.498. The van der Waals surface area contributed by atoms with Crippen LogP contribution in [0.2, 0.25) is 10.8 Å². The third-order valence-corrected chi connectivity index (χ3v) is 4.74. The molecule has 1 atom stereocenters. The summed E-state index contributed by atoms with van der Waals surface area (Å²) in [5.74, 6) is 1.22. The standard InChI is InChI=1S/C17H14BClO2/c18-15-4-1-9-5-13-10(6-14(9)17(15)20)8-21-16-7-11(19)2-3-12(13)16/h2-3,5-7,15H,1,4,8,18H2. The van der Waals surface area contributed by atoms with Crippen LogP contribution in [0, 0.1) is 0 Å². The highest BCUT2D eigenvalue weighted by atomic mass is 35.5. The molecule has 1 unspecified atom stereocenters. The Morgan fingerprint density at radius 2 is 1.90 bits per heavy atom. The molecule has 4 rings (SSSR count). The van der Waals surface area contributed by atoms with E-state index in [0.717, 1.165) is 35.3 Å². The van der Waals surface area contributed by atoms with Crippen LogP contribution in [-0.2, 0) is 13.0 Å². The fourth-order valence-corrected chi connectivity index (χ4v) is 3.42. The van der Waals surface area contributed by atoms with Crippen molar-refractivity contribution in [2.24, 2.45) is 0 Å². The zero-order valence-corrected chi connectivity index (χ0v) is 12.5. The van der Waals surface area contributed by atoms with Crippen molar-refractivity contribution >= 4 is 25.2 Å². The van der Waals surface area contributed by atoms with Crippen LogP contribution < -0.4 is 4.74 Å². The van der Waals surface area contributed by atoms with Crippen LogP contribution in [0.1, 0.15) is 27.9 Å². The smallest absolute Gasteiger partial charge is 0.158 e. The molecule has 0 spiro atoms. The number of aryl methyl sites for hydroxylation is 1. The van der Waals surface area contributed by atoms with Gasteiger partial charge in [0.25, 0.3) is 0 Å². The van der Waals surface area contributed by atoms with E-state index >= 15 is 0 Å². The van der Waals surface area contributed by atoms with Gasteiger partial charge >= 0.3 is 0 Å². The second kappa shape index (κ2) is 4.64. The van der Waals surface area contributed by atoms with Crippen molar-refractivity contribution in [3.05, 3.63) is 52.0 Å². The molecule has 1 aliphatic heterocycles. The Labute approximate surface area is 129 Å². The number of Topliss-reactive ketones (excluding diaryl/α,β-unsaturated/α-hetero) is 1. The average molecular weight is 297 g/mol. The molecule has 2 aliphatic rings. The van der Waals surface area contributed by atoms with Gasteiger partial charge < -0.3 is 4.74 Å². The number of ether oxygens (including phenoxy) is 1. The Hall–Kier alpha value is -1.74. The number of carbonyl (C=O) groups is 1. The molecule has 1 heterocycles. The molecule has 0 radical (unpaired) electrons. The Kier molecular flexibility index (Phi) is 2.86. The van der Waals surface area contributed by atoms with Crippen LogP contribution in [0.4, 0.5) is 0 Å². The van der Waals surface area contributed by atoms with Gasteiger partial charge in [-0.3, -0.25) is 4.79 Å². The largest absolute Gasteiger partial charge is 0.488 e. The van der Waals surface area contributed by atoms with Crippen LogP contribution in [0.3, 0.4) is 0 Å². The first-order valence-electron chi connectivity index (χ1n) is 7.26. The fourth-order valence-electron chi connectivity index (χ4n) is 3.26. The lowest BCUT2D eigenvalue weighted by Gasteiger charge is -2.26. The second-order valence-corrected chi connectivity index (χ2v) is 6.34. The van der Waals surface area contributed by atoms with Gasteiger partial charge in [-0.2, -0.15) is 0 Å². The zero-order chi connectivity index (χ0) is 14.6. The molecule has 0 saturated carbocycles. The van der Waals surface area contributed by atoms with Gasteiger partial charge in [0.05, 0.1) is 0 Å². The Morgan fingerprint density at radius 1 is 1.10 bits per heavy atom. The number of hydrogen-bond acceptors (Lipinski definition) is 2. The lowest BCUT2D eigenvalue weighted by atomic mass is 9.71. The first kappa shape index (κ1) is 13.0. The maximum atomic E-state index is 12.3. The van der Waals surface area contributed by atoms with Gasteiger partial charge in [-0.25, -0.2) is 0 Å². The van der Waals surface area contributed by atoms with Gasteiger partial charge in [0, 0.05) is 16.1 Å². The number of rotatable bonds is 0. The molecule has 2 nitrogen and oxygen atoms in total. The number of halogens is 1. The molecule has 4 heteroatoms. The monoisotopic (exact) mass is 296 g/mol. The Balaban J connectivity index is 1.90. The fraction of sp³-hybridized carbons (Fsp3) is 0.235. The number of fused-ring (bicyclic) bond motifs is 4. The van der Waals surface area contributed by atoms with Gasteiger partial charge in [-0.05, 0) is 65.7 Å². The van der Waals surface area contributed by atoms with Gasteiger partial charge in [0.15, 0.2) is 5.78 Å². The third-order valence-electron chi connectivity index (χ3n) is 4.51.